The van der Waals surface area contributed by atoms with Crippen molar-refractivity contribution in [3.05, 3.63) is 0 Å². The van der Waals surface area contributed by atoms with Crippen molar-refractivity contribution in [2.75, 3.05) is 6.54 Å². The van der Waals surface area contributed by atoms with Gasteiger partial charge in [0, 0.05) is 12.1 Å². The number of hydrogen-bond donors (Lipinski definition) is 3. The van der Waals surface area contributed by atoms with Crippen molar-refractivity contribution < 1.29 is 9.59 Å². The molecular weight excluding hydrogens is 194 g/mol. The third-order valence-electron chi connectivity index (χ3n) is 2.34. The molecule has 1 unspecified atom stereocenters. The summed E-state index contributed by atoms with van der Waals surface area (Å²) < 4.78 is 0. The van der Waals surface area contributed by atoms with E-state index in [0.29, 0.717) is 6.04 Å². The number of amides is 3. The predicted octanol–water partition coefficient (Wildman–Crippen LogP) is 0.363. The van der Waals surface area contributed by atoms with Crippen molar-refractivity contribution in [3.63, 3.8) is 0 Å². The first-order valence-electron chi connectivity index (χ1n) is 5.45. The molecule has 1 aliphatic rings. The maximum absolute atomic E-state index is 11.2. The molecule has 1 atom stereocenters. The Morgan fingerprint density at radius 2 is 2.07 bits per heavy atom. The van der Waals surface area contributed by atoms with Crippen LogP contribution in [0.5, 0.6) is 0 Å². The second-order valence-electron chi connectivity index (χ2n) is 3.98. The third-order valence-corrected chi connectivity index (χ3v) is 2.34. The zero-order valence-corrected chi connectivity index (χ0v) is 9.30. The number of urea groups is 1. The van der Waals surface area contributed by atoms with Gasteiger partial charge in [-0.15, -0.1) is 0 Å². The fourth-order valence-corrected chi connectivity index (χ4v) is 1.04. The predicted molar refractivity (Wildman–Crippen MR) is 57.5 cm³/mol. The molecule has 1 fully saturated rings. The SMILES string of the molecule is CCC(C)NC(=O)NCC(=O)NC1CC1. The molecule has 86 valence electrons. The molecular formula is C10H19N3O2. The molecule has 0 radical (unpaired) electrons. The molecule has 5 heteroatoms. The Morgan fingerprint density at radius 1 is 1.40 bits per heavy atom. The number of hydrogen-bond acceptors (Lipinski definition) is 2. The molecule has 0 aromatic heterocycles. The summed E-state index contributed by atoms with van der Waals surface area (Å²) in [4.78, 5) is 22.4. The Bertz CT molecular complexity index is 239. The van der Waals surface area contributed by atoms with E-state index in [2.05, 4.69) is 16.0 Å². The summed E-state index contributed by atoms with van der Waals surface area (Å²) in [6.07, 6.45) is 3.00. The van der Waals surface area contributed by atoms with Crippen LogP contribution in [0, 0.1) is 0 Å². The van der Waals surface area contributed by atoms with Crippen LogP contribution in [0.3, 0.4) is 0 Å². The van der Waals surface area contributed by atoms with Gasteiger partial charge >= 0.3 is 6.03 Å². The number of nitrogens with one attached hydrogen (secondary N) is 3. The molecule has 0 saturated heterocycles. The van der Waals surface area contributed by atoms with Gasteiger partial charge in [-0.05, 0) is 26.2 Å². The molecule has 0 aliphatic heterocycles. The van der Waals surface area contributed by atoms with Gasteiger partial charge in [-0.3, -0.25) is 4.79 Å². The monoisotopic (exact) mass is 213 g/mol. The number of carbonyl (C=O) groups is 2. The van der Waals surface area contributed by atoms with Crippen LogP contribution in [-0.2, 0) is 4.79 Å². The standard InChI is InChI=1S/C10H19N3O2/c1-3-7(2)12-10(15)11-6-9(14)13-8-4-5-8/h7-8H,3-6H2,1-2H3,(H,13,14)(H2,11,12,15). The van der Waals surface area contributed by atoms with E-state index >= 15 is 0 Å². The molecule has 5 nitrogen and oxygen atoms in total. The van der Waals surface area contributed by atoms with Gasteiger partial charge in [0.05, 0.1) is 6.54 Å². The van der Waals surface area contributed by atoms with Crippen LogP contribution >= 0.6 is 0 Å². The smallest absolute Gasteiger partial charge is 0.315 e. The summed E-state index contributed by atoms with van der Waals surface area (Å²) in [5, 5.41) is 8.04. The molecule has 1 rings (SSSR count). The van der Waals surface area contributed by atoms with Gasteiger partial charge in [0.2, 0.25) is 5.91 Å². The maximum atomic E-state index is 11.2. The van der Waals surface area contributed by atoms with E-state index < -0.39 is 0 Å². The van der Waals surface area contributed by atoms with E-state index in [-0.39, 0.29) is 24.5 Å². The minimum absolute atomic E-state index is 0.0543. The normalized spacial score (nSPS) is 16.7. The van der Waals surface area contributed by atoms with E-state index in [9.17, 15) is 9.59 Å². The fraction of sp³-hybridized carbons (Fsp3) is 0.800. The zero-order valence-electron chi connectivity index (χ0n) is 9.30. The van der Waals surface area contributed by atoms with Gasteiger partial charge in [0.15, 0.2) is 0 Å². The molecule has 1 saturated carbocycles. The average Bonchev–Trinajstić information content (AvgIpc) is 2.98. The van der Waals surface area contributed by atoms with Crippen LogP contribution < -0.4 is 16.0 Å². The lowest BCUT2D eigenvalue weighted by atomic mass is 10.3. The number of rotatable bonds is 5. The first-order chi connectivity index (χ1) is 7.11. The van der Waals surface area contributed by atoms with Gasteiger partial charge in [0.1, 0.15) is 0 Å². The Labute approximate surface area is 90.0 Å². The van der Waals surface area contributed by atoms with Gasteiger partial charge in [-0.25, -0.2) is 4.79 Å². The summed E-state index contributed by atoms with van der Waals surface area (Å²) in [5.74, 6) is -0.114. The molecule has 0 heterocycles. The Hall–Kier alpha value is -1.26. The average molecular weight is 213 g/mol. The molecule has 0 aromatic carbocycles. The lowest BCUT2D eigenvalue weighted by Gasteiger charge is -2.12. The lowest BCUT2D eigenvalue weighted by molar-refractivity contribution is -0.120. The van der Waals surface area contributed by atoms with Crippen LogP contribution in [0.25, 0.3) is 0 Å². The maximum Gasteiger partial charge on any atom is 0.315 e. The van der Waals surface area contributed by atoms with Gasteiger partial charge in [-0.2, -0.15) is 0 Å². The molecule has 0 bridgehead atoms. The van der Waals surface area contributed by atoms with Gasteiger partial charge in [-0.1, -0.05) is 6.92 Å². The van der Waals surface area contributed by atoms with Crippen molar-refractivity contribution in [1.82, 2.24) is 16.0 Å². The topological polar surface area (TPSA) is 70.2 Å². The first kappa shape index (κ1) is 11.8. The lowest BCUT2D eigenvalue weighted by Crippen LogP contribution is -2.45. The van der Waals surface area contributed by atoms with Crippen molar-refractivity contribution in [3.8, 4) is 0 Å². The molecule has 0 aromatic rings. The van der Waals surface area contributed by atoms with E-state index in [1.807, 2.05) is 13.8 Å². The molecule has 0 spiro atoms. The fourth-order valence-electron chi connectivity index (χ4n) is 1.04. The molecule has 15 heavy (non-hydrogen) atoms. The highest BCUT2D eigenvalue weighted by Gasteiger charge is 2.23. The van der Waals surface area contributed by atoms with E-state index in [0.717, 1.165) is 19.3 Å². The summed E-state index contributed by atoms with van der Waals surface area (Å²) in [5.41, 5.74) is 0. The molecule has 3 amide bonds. The van der Waals surface area contributed by atoms with Crippen LogP contribution in [0.1, 0.15) is 33.1 Å². The highest BCUT2D eigenvalue weighted by Crippen LogP contribution is 2.18. The summed E-state index contributed by atoms with van der Waals surface area (Å²) in [6.45, 7) is 3.97. The Balaban J connectivity index is 2.06. The quantitative estimate of drug-likeness (QED) is 0.617. The summed E-state index contributed by atoms with van der Waals surface area (Å²) in [7, 11) is 0. The van der Waals surface area contributed by atoms with E-state index in [4.69, 9.17) is 0 Å². The Morgan fingerprint density at radius 3 is 2.60 bits per heavy atom. The Kier molecular flexibility index (Phi) is 4.39. The highest BCUT2D eigenvalue weighted by atomic mass is 16.2. The second-order valence-corrected chi connectivity index (χ2v) is 3.98. The molecule has 3 N–H and O–H groups in total. The summed E-state index contributed by atoms with van der Waals surface area (Å²) in [6, 6.07) is 0.198. The zero-order chi connectivity index (χ0) is 11.3. The van der Waals surface area contributed by atoms with Crippen LogP contribution in [0.15, 0.2) is 0 Å². The van der Waals surface area contributed by atoms with Crippen LogP contribution in [0.4, 0.5) is 4.79 Å². The van der Waals surface area contributed by atoms with Gasteiger partial charge < -0.3 is 16.0 Å². The third kappa shape index (κ3) is 5.24. The van der Waals surface area contributed by atoms with Crippen LogP contribution in [0.2, 0.25) is 0 Å². The van der Waals surface area contributed by atoms with Crippen molar-refractivity contribution in [2.45, 2.75) is 45.2 Å². The largest absolute Gasteiger partial charge is 0.352 e. The number of carbonyl (C=O) groups excluding carboxylic acids is 2. The van der Waals surface area contributed by atoms with Gasteiger partial charge in [0.25, 0.3) is 0 Å². The summed E-state index contributed by atoms with van der Waals surface area (Å²) >= 11 is 0. The second kappa shape index (κ2) is 5.58. The van der Waals surface area contributed by atoms with Crippen molar-refractivity contribution >= 4 is 11.9 Å². The van der Waals surface area contributed by atoms with Crippen molar-refractivity contribution in [1.29, 1.82) is 0 Å². The van der Waals surface area contributed by atoms with E-state index in [1.54, 1.807) is 0 Å². The first-order valence-corrected chi connectivity index (χ1v) is 5.45. The van der Waals surface area contributed by atoms with Crippen LogP contribution in [-0.4, -0.2) is 30.6 Å². The molecule has 1 aliphatic carbocycles. The highest BCUT2D eigenvalue weighted by molar-refractivity contribution is 5.84. The van der Waals surface area contributed by atoms with E-state index in [1.165, 1.54) is 0 Å². The minimum atomic E-state index is -0.282. The van der Waals surface area contributed by atoms with Crippen molar-refractivity contribution in [2.24, 2.45) is 0 Å². The minimum Gasteiger partial charge on any atom is -0.352 e.